The second kappa shape index (κ2) is 11.2. The van der Waals surface area contributed by atoms with Crippen molar-refractivity contribution in [3.63, 3.8) is 0 Å². The molecule has 0 radical (unpaired) electrons. The summed E-state index contributed by atoms with van der Waals surface area (Å²) in [5.74, 6) is 0. The fourth-order valence-corrected chi connectivity index (χ4v) is 1.35. The van der Waals surface area contributed by atoms with Gasteiger partial charge in [0, 0.05) is 40.5 Å². The maximum absolute atomic E-state index is 5.12. The maximum Gasteiger partial charge on any atom is 0.134 e. The van der Waals surface area contributed by atoms with Crippen LogP contribution in [0.15, 0.2) is 0 Å². The highest BCUT2D eigenvalue weighted by Crippen LogP contribution is 1.84. The predicted molar refractivity (Wildman–Crippen MR) is 74.2 cm³/mol. The van der Waals surface area contributed by atoms with Crippen LogP contribution in [0.4, 0.5) is 0 Å². The SMILES string of the molecule is COCCCNC(=S)C(=S)NCCCOC. The van der Waals surface area contributed by atoms with E-state index < -0.39 is 0 Å². The fourth-order valence-electron chi connectivity index (χ4n) is 0.997. The van der Waals surface area contributed by atoms with Gasteiger partial charge in [-0.05, 0) is 12.8 Å². The van der Waals surface area contributed by atoms with Crippen LogP contribution >= 0.6 is 24.4 Å². The van der Waals surface area contributed by atoms with Gasteiger partial charge in [0.15, 0.2) is 0 Å². The number of ether oxygens (including phenoxy) is 2. The van der Waals surface area contributed by atoms with Crippen LogP contribution in [-0.4, -0.2) is 50.5 Å². The zero-order chi connectivity index (χ0) is 12.2. The minimum Gasteiger partial charge on any atom is -0.385 e. The van der Waals surface area contributed by atoms with Crippen LogP contribution in [0.25, 0.3) is 0 Å². The van der Waals surface area contributed by atoms with E-state index in [1.807, 2.05) is 0 Å². The molecule has 16 heavy (non-hydrogen) atoms. The first-order chi connectivity index (χ1) is 7.72. The van der Waals surface area contributed by atoms with E-state index in [-0.39, 0.29) is 0 Å². The number of nitrogens with one attached hydrogen (secondary N) is 2. The lowest BCUT2D eigenvalue weighted by Crippen LogP contribution is -2.38. The van der Waals surface area contributed by atoms with Gasteiger partial charge in [-0.2, -0.15) is 0 Å². The van der Waals surface area contributed by atoms with Crippen LogP contribution < -0.4 is 10.6 Å². The molecule has 0 aliphatic heterocycles. The Morgan fingerprint density at radius 3 is 1.56 bits per heavy atom. The third-order valence-corrected chi connectivity index (χ3v) is 2.65. The van der Waals surface area contributed by atoms with Gasteiger partial charge in [0.25, 0.3) is 0 Å². The maximum atomic E-state index is 5.12. The largest absolute Gasteiger partial charge is 0.385 e. The van der Waals surface area contributed by atoms with E-state index in [1.54, 1.807) is 14.2 Å². The van der Waals surface area contributed by atoms with Crippen molar-refractivity contribution in [3.8, 4) is 0 Å². The molecule has 0 spiro atoms. The third kappa shape index (κ3) is 8.96. The molecule has 0 aromatic rings. The molecule has 0 aromatic heterocycles. The van der Waals surface area contributed by atoms with Crippen LogP contribution in [0.5, 0.6) is 0 Å². The van der Waals surface area contributed by atoms with E-state index in [1.165, 1.54) is 0 Å². The molecular formula is C10H20N2O2S2. The molecule has 0 rings (SSSR count). The summed E-state index contributed by atoms with van der Waals surface area (Å²) in [5.41, 5.74) is 0. The summed E-state index contributed by atoms with van der Waals surface area (Å²) < 4.78 is 9.86. The Hall–Kier alpha value is -0.300. The first kappa shape index (κ1) is 15.7. The highest BCUT2D eigenvalue weighted by molar-refractivity contribution is 7.89. The monoisotopic (exact) mass is 264 g/mol. The molecule has 0 bridgehead atoms. The molecule has 0 amide bonds. The van der Waals surface area contributed by atoms with E-state index in [2.05, 4.69) is 10.6 Å². The summed E-state index contributed by atoms with van der Waals surface area (Å²) in [4.78, 5) is 1.20. The van der Waals surface area contributed by atoms with Gasteiger partial charge in [0.2, 0.25) is 0 Å². The van der Waals surface area contributed by atoms with Crippen molar-refractivity contribution in [1.82, 2.24) is 10.6 Å². The standard InChI is InChI=1S/C10H20N2O2S2/c1-13-7-3-5-11-9(15)10(16)12-6-4-8-14-2/h3-8H2,1-2H3,(H,11,15)(H,12,16). The van der Waals surface area contributed by atoms with Crippen LogP contribution in [0.1, 0.15) is 12.8 Å². The molecule has 0 saturated heterocycles. The average Bonchev–Trinajstić information content (AvgIpc) is 2.29. The van der Waals surface area contributed by atoms with Crippen LogP contribution in [-0.2, 0) is 9.47 Å². The highest BCUT2D eigenvalue weighted by atomic mass is 32.1. The summed E-state index contributed by atoms with van der Waals surface area (Å²) in [6, 6.07) is 0. The smallest absolute Gasteiger partial charge is 0.134 e. The second-order valence-corrected chi connectivity index (χ2v) is 4.02. The molecule has 0 aliphatic rings. The van der Waals surface area contributed by atoms with E-state index in [0.29, 0.717) is 9.98 Å². The molecule has 94 valence electrons. The molecule has 0 saturated carbocycles. The van der Waals surface area contributed by atoms with Gasteiger partial charge >= 0.3 is 0 Å². The van der Waals surface area contributed by atoms with Crippen LogP contribution in [0.2, 0.25) is 0 Å². The average molecular weight is 264 g/mol. The van der Waals surface area contributed by atoms with Gasteiger partial charge in [-0.25, -0.2) is 0 Å². The van der Waals surface area contributed by atoms with Crippen molar-refractivity contribution in [2.45, 2.75) is 12.8 Å². The summed E-state index contributed by atoms with van der Waals surface area (Å²) in [7, 11) is 3.36. The minimum absolute atomic E-state index is 0.600. The van der Waals surface area contributed by atoms with Gasteiger partial charge in [-0.15, -0.1) is 0 Å². The Morgan fingerprint density at radius 1 is 0.875 bits per heavy atom. The summed E-state index contributed by atoms with van der Waals surface area (Å²) >= 11 is 10.2. The number of thiocarbonyl (C=S) groups is 2. The third-order valence-electron chi connectivity index (χ3n) is 1.83. The summed E-state index contributed by atoms with van der Waals surface area (Å²) in [6.07, 6.45) is 1.84. The molecule has 0 unspecified atom stereocenters. The minimum atomic E-state index is 0.600. The van der Waals surface area contributed by atoms with Gasteiger partial charge in [-0.3, -0.25) is 0 Å². The number of rotatable bonds is 8. The van der Waals surface area contributed by atoms with Gasteiger partial charge in [0.05, 0.1) is 0 Å². The van der Waals surface area contributed by atoms with Crippen molar-refractivity contribution in [2.75, 3.05) is 40.5 Å². The van der Waals surface area contributed by atoms with E-state index in [9.17, 15) is 0 Å². The number of hydrogen-bond acceptors (Lipinski definition) is 4. The van der Waals surface area contributed by atoms with Crippen molar-refractivity contribution in [2.24, 2.45) is 0 Å². The van der Waals surface area contributed by atoms with Crippen molar-refractivity contribution in [3.05, 3.63) is 0 Å². The predicted octanol–water partition coefficient (Wildman–Crippen LogP) is 0.893. The molecule has 2 N–H and O–H groups in total. The molecule has 0 fully saturated rings. The Labute approximate surface area is 108 Å². The van der Waals surface area contributed by atoms with E-state index in [4.69, 9.17) is 33.9 Å². The first-order valence-electron chi connectivity index (χ1n) is 5.26. The van der Waals surface area contributed by atoms with E-state index >= 15 is 0 Å². The highest BCUT2D eigenvalue weighted by Gasteiger charge is 2.02. The molecule has 0 aliphatic carbocycles. The van der Waals surface area contributed by atoms with E-state index in [0.717, 1.165) is 39.1 Å². The molecular weight excluding hydrogens is 244 g/mol. The van der Waals surface area contributed by atoms with Crippen molar-refractivity contribution < 1.29 is 9.47 Å². The van der Waals surface area contributed by atoms with Crippen molar-refractivity contribution >= 4 is 34.4 Å². The number of hydrogen-bond donors (Lipinski definition) is 2. The lowest BCUT2D eigenvalue weighted by Gasteiger charge is -2.10. The Bertz CT molecular complexity index is 191. The normalized spacial score (nSPS) is 9.88. The zero-order valence-corrected chi connectivity index (χ0v) is 11.5. The Balaban J connectivity index is 3.46. The lowest BCUT2D eigenvalue weighted by molar-refractivity contribution is 0.195. The van der Waals surface area contributed by atoms with Gasteiger partial charge < -0.3 is 20.1 Å². The zero-order valence-electron chi connectivity index (χ0n) is 9.88. The van der Waals surface area contributed by atoms with Gasteiger partial charge in [-0.1, -0.05) is 24.4 Å². The summed E-state index contributed by atoms with van der Waals surface area (Å²) in [6.45, 7) is 3.02. The van der Waals surface area contributed by atoms with Crippen LogP contribution in [0.3, 0.4) is 0 Å². The number of methoxy groups -OCH3 is 2. The first-order valence-corrected chi connectivity index (χ1v) is 6.08. The van der Waals surface area contributed by atoms with Gasteiger partial charge in [0.1, 0.15) is 9.98 Å². The topological polar surface area (TPSA) is 42.5 Å². The second-order valence-electron chi connectivity index (χ2n) is 3.20. The molecule has 0 aromatic carbocycles. The quantitative estimate of drug-likeness (QED) is 0.501. The Kier molecular flexibility index (Phi) is 11.0. The Morgan fingerprint density at radius 2 is 1.25 bits per heavy atom. The fraction of sp³-hybridized carbons (Fsp3) is 0.800. The molecule has 4 nitrogen and oxygen atoms in total. The lowest BCUT2D eigenvalue weighted by atomic mass is 10.4. The molecule has 0 heterocycles. The van der Waals surface area contributed by atoms with Crippen molar-refractivity contribution in [1.29, 1.82) is 0 Å². The summed E-state index contributed by atoms with van der Waals surface area (Å²) in [5, 5.41) is 6.15. The molecule has 6 heteroatoms. The molecule has 0 atom stereocenters. The van der Waals surface area contributed by atoms with Crippen LogP contribution in [0, 0.1) is 0 Å².